The lowest BCUT2D eigenvalue weighted by Gasteiger charge is -2.16. The van der Waals surface area contributed by atoms with Crippen LogP contribution in [0.1, 0.15) is 12.8 Å². The Morgan fingerprint density at radius 3 is 2.40 bits per heavy atom. The first-order chi connectivity index (χ1) is 9.45. The minimum absolute atomic E-state index is 0.0157. The van der Waals surface area contributed by atoms with Gasteiger partial charge < -0.3 is 15.2 Å². The van der Waals surface area contributed by atoms with E-state index in [1.165, 1.54) is 26.3 Å². The molecule has 6 nitrogen and oxygen atoms in total. The van der Waals surface area contributed by atoms with Gasteiger partial charge in [0, 0.05) is 20.1 Å². The number of rotatable bonds is 7. The van der Waals surface area contributed by atoms with Crippen molar-refractivity contribution >= 4 is 15.7 Å². The summed E-state index contributed by atoms with van der Waals surface area (Å²) in [7, 11) is -0.737. The molecule has 0 aliphatic heterocycles. The van der Waals surface area contributed by atoms with Gasteiger partial charge in [0.1, 0.15) is 5.75 Å². The van der Waals surface area contributed by atoms with Crippen LogP contribution in [0.4, 0.5) is 0 Å². The highest BCUT2D eigenvalue weighted by Gasteiger charge is 2.29. The maximum Gasteiger partial charge on any atom is 0.221 e. The topological polar surface area (TPSA) is 92.7 Å². The number of aliphatic hydroxyl groups excluding tert-OH is 1. The molecule has 0 aromatic heterocycles. The SMILES string of the molecule is CNC(=O)CC(CCO)S(=O)(=O)c1ccc(OC)cc1. The zero-order valence-corrected chi connectivity index (χ0v) is 12.3. The van der Waals surface area contributed by atoms with E-state index in [2.05, 4.69) is 5.32 Å². The van der Waals surface area contributed by atoms with Gasteiger partial charge in [-0.2, -0.15) is 0 Å². The molecule has 0 radical (unpaired) electrons. The monoisotopic (exact) mass is 301 g/mol. The van der Waals surface area contributed by atoms with Gasteiger partial charge in [-0.25, -0.2) is 8.42 Å². The number of methoxy groups -OCH3 is 1. The molecule has 0 spiro atoms. The second-order valence-corrected chi connectivity index (χ2v) is 6.46. The largest absolute Gasteiger partial charge is 0.497 e. The van der Waals surface area contributed by atoms with Crippen LogP contribution in [0.2, 0.25) is 0 Å². The van der Waals surface area contributed by atoms with E-state index in [4.69, 9.17) is 9.84 Å². The predicted octanol–water partition coefficient (Wildman–Crippen LogP) is 0.356. The Morgan fingerprint density at radius 1 is 1.35 bits per heavy atom. The first-order valence-electron chi connectivity index (χ1n) is 6.15. The molecule has 1 atom stereocenters. The lowest BCUT2D eigenvalue weighted by molar-refractivity contribution is -0.120. The van der Waals surface area contributed by atoms with Gasteiger partial charge in [0.05, 0.1) is 17.3 Å². The zero-order chi connectivity index (χ0) is 15.2. The summed E-state index contributed by atoms with van der Waals surface area (Å²) in [5, 5.41) is 10.4. The maximum absolute atomic E-state index is 12.4. The maximum atomic E-state index is 12.4. The molecule has 0 fully saturated rings. The molecule has 112 valence electrons. The third kappa shape index (κ3) is 3.94. The summed E-state index contributed by atoms with van der Waals surface area (Å²) in [5.74, 6) is 0.175. The Bertz CT molecular complexity index is 538. The predicted molar refractivity (Wildman–Crippen MR) is 74.4 cm³/mol. The molecule has 1 aromatic rings. The van der Waals surface area contributed by atoms with Crippen LogP contribution >= 0.6 is 0 Å². The van der Waals surface area contributed by atoms with Crippen molar-refractivity contribution in [2.24, 2.45) is 0 Å². The van der Waals surface area contributed by atoms with Gasteiger partial charge >= 0.3 is 0 Å². The summed E-state index contributed by atoms with van der Waals surface area (Å²) in [4.78, 5) is 11.5. The van der Waals surface area contributed by atoms with Crippen molar-refractivity contribution < 1.29 is 23.1 Å². The molecule has 1 aromatic carbocycles. The summed E-state index contributed by atoms with van der Waals surface area (Å²) in [5.41, 5.74) is 0. The van der Waals surface area contributed by atoms with E-state index in [0.29, 0.717) is 5.75 Å². The van der Waals surface area contributed by atoms with Crippen LogP contribution < -0.4 is 10.1 Å². The quantitative estimate of drug-likeness (QED) is 0.758. The number of ether oxygens (including phenoxy) is 1. The van der Waals surface area contributed by atoms with E-state index in [0.717, 1.165) is 0 Å². The molecule has 0 saturated heterocycles. The average molecular weight is 301 g/mol. The number of aliphatic hydroxyl groups is 1. The summed E-state index contributed by atoms with van der Waals surface area (Å²) in [6, 6.07) is 5.95. The van der Waals surface area contributed by atoms with E-state index in [1.54, 1.807) is 12.1 Å². The third-order valence-electron chi connectivity index (χ3n) is 2.97. The number of carbonyl (C=O) groups excluding carboxylic acids is 1. The van der Waals surface area contributed by atoms with E-state index < -0.39 is 15.1 Å². The Morgan fingerprint density at radius 2 is 1.95 bits per heavy atom. The lowest BCUT2D eigenvalue weighted by Crippen LogP contribution is -2.30. The molecule has 1 rings (SSSR count). The molecule has 2 N–H and O–H groups in total. The van der Waals surface area contributed by atoms with Crippen LogP contribution in [0.15, 0.2) is 29.2 Å². The molecule has 20 heavy (non-hydrogen) atoms. The van der Waals surface area contributed by atoms with Crippen molar-refractivity contribution in [3.63, 3.8) is 0 Å². The van der Waals surface area contributed by atoms with Gasteiger partial charge in [0.15, 0.2) is 9.84 Å². The number of hydrogen-bond donors (Lipinski definition) is 2. The van der Waals surface area contributed by atoms with Gasteiger partial charge in [-0.1, -0.05) is 0 Å². The second-order valence-electron chi connectivity index (χ2n) is 4.23. The molecule has 1 unspecified atom stereocenters. The number of benzene rings is 1. The van der Waals surface area contributed by atoms with Gasteiger partial charge in [0.2, 0.25) is 5.91 Å². The van der Waals surface area contributed by atoms with Crippen molar-refractivity contribution in [3.8, 4) is 5.75 Å². The van der Waals surface area contributed by atoms with Crippen molar-refractivity contribution in [3.05, 3.63) is 24.3 Å². The van der Waals surface area contributed by atoms with Crippen molar-refractivity contribution in [2.45, 2.75) is 23.0 Å². The number of amides is 1. The van der Waals surface area contributed by atoms with Crippen LogP contribution in [-0.4, -0.2) is 45.4 Å². The van der Waals surface area contributed by atoms with E-state index in [1.807, 2.05) is 0 Å². The number of carbonyl (C=O) groups is 1. The Balaban J connectivity index is 3.04. The molecule has 1 amide bonds. The average Bonchev–Trinajstić information content (AvgIpc) is 2.46. The molecule has 0 aliphatic carbocycles. The summed E-state index contributed by atoms with van der Waals surface area (Å²) >= 11 is 0. The van der Waals surface area contributed by atoms with E-state index >= 15 is 0 Å². The fourth-order valence-corrected chi connectivity index (χ4v) is 3.46. The number of nitrogens with one attached hydrogen (secondary N) is 1. The summed E-state index contributed by atoms with van der Waals surface area (Å²) in [6.07, 6.45) is -0.160. The Labute approximate surface area is 118 Å². The van der Waals surface area contributed by atoms with Gasteiger partial charge in [-0.15, -0.1) is 0 Å². The fourth-order valence-electron chi connectivity index (χ4n) is 1.78. The van der Waals surface area contributed by atoms with Crippen molar-refractivity contribution in [1.29, 1.82) is 0 Å². The standard InChI is InChI=1S/C13H19NO5S/c1-14-13(16)9-12(7-8-15)20(17,18)11-5-3-10(19-2)4-6-11/h3-6,12,15H,7-9H2,1-2H3,(H,14,16). The smallest absolute Gasteiger partial charge is 0.221 e. The fraction of sp³-hybridized carbons (Fsp3) is 0.462. The minimum atomic E-state index is -3.67. The first kappa shape index (κ1) is 16.5. The normalized spacial score (nSPS) is 12.8. The first-order valence-corrected chi connectivity index (χ1v) is 7.69. The summed E-state index contributed by atoms with van der Waals surface area (Å²) < 4.78 is 29.9. The molecule has 7 heteroatoms. The Hall–Kier alpha value is -1.60. The molecule has 0 saturated carbocycles. The molecular weight excluding hydrogens is 282 g/mol. The highest BCUT2D eigenvalue weighted by atomic mass is 32.2. The Kier molecular flexibility index (Phi) is 5.97. The van der Waals surface area contributed by atoms with Crippen LogP contribution in [0.5, 0.6) is 5.75 Å². The number of hydrogen-bond acceptors (Lipinski definition) is 5. The minimum Gasteiger partial charge on any atom is -0.497 e. The van der Waals surface area contributed by atoms with Crippen LogP contribution in [0, 0.1) is 0 Å². The van der Waals surface area contributed by atoms with Crippen LogP contribution in [0.3, 0.4) is 0 Å². The van der Waals surface area contributed by atoms with Gasteiger partial charge in [0.25, 0.3) is 0 Å². The second kappa shape index (κ2) is 7.25. The lowest BCUT2D eigenvalue weighted by atomic mass is 10.2. The molecule has 0 aliphatic rings. The van der Waals surface area contributed by atoms with Crippen LogP contribution in [0.25, 0.3) is 0 Å². The van der Waals surface area contributed by atoms with Crippen LogP contribution in [-0.2, 0) is 14.6 Å². The van der Waals surface area contributed by atoms with Crippen molar-refractivity contribution in [1.82, 2.24) is 5.32 Å². The van der Waals surface area contributed by atoms with Gasteiger partial charge in [-0.05, 0) is 30.7 Å². The van der Waals surface area contributed by atoms with E-state index in [9.17, 15) is 13.2 Å². The summed E-state index contributed by atoms with van der Waals surface area (Å²) in [6.45, 7) is -0.295. The number of sulfone groups is 1. The third-order valence-corrected chi connectivity index (χ3v) is 5.18. The van der Waals surface area contributed by atoms with Crippen molar-refractivity contribution in [2.75, 3.05) is 20.8 Å². The molecule has 0 bridgehead atoms. The van der Waals surface area contributed by atoms with E-state index in [-0.39, 0.29) is 30.3 Å². The van der Waals surface area contributed by atoms with Gasteiger partial charge in [-0.3, -0.25) is 4.79 Å². The zero-order valence-electron chi connectivity index (χ0n) is 11.5. The molecule has 0 heterocycles. The highest BCUT2D eigenvalue weighted by Crippen LogP contribution is 2.23. The molecular formula is C13H19NO5S. The highest BCUT2D eigenvalue weighted by molar-refractivity contribution is 7.92.